The Balaban J connectivity index is 0. The van der Waals surface area contributed by atoms with Crippen molar-refractivity contribution < 1.29 is 19.9 Å². The molecular weight excluding hydrogens is 354 g/mol. The zero-order chi connectivity index (χ0) is 18.9. The Labute approximate surface area is 164 Å². The van der Waals surface area contributed by atoms with E-state index in [9.17, 15) is 9.59 Å². The van der Waals surface area contributed by atoms with E-state index in [-0.39, 0.29) is 18.3 Å². The van der Waals surface area contributed by atoms with Crippen LogP contribution in [0.15, 0.2) is 12.2 Å². The summed E-state index contributed by atoms with van der Waals surface area (Å²) in [4.78, 5) is 22.5. The van der Waals surface area contributed by atoms with E-state index in [0.717, 1.165) is 38.5 Å². The van der Waals surface area contributed by atoms with Crippen LogP contribution in [0.4, 0.5) is 0 Å². The normalized spacial score (nSPS) is 19.1. The van der Waals surface area contributed by atoms with Gasteiger partial charge in [-0.15, -0.1) is 12.4 Å². The number of unbranched alkanes of at least 4 members (excludes halogenated alkanes) is 7. The molecule has 0 saturated heterocycles. The van der Waals surface area contributed by atoms with E-state index in [1.807, 2.05) is 0 Å². The molecular formula is C20H38ClNO4. The second-order valence-electron chi connectivity index (χ2n) is 6.95. The first kappa shape index (κ1) is 27.3. The Morgan fingerprint density at radius 1 is 1.08 bits per heavy atom. The Bertz CT molecular complexity index is 388. The van der Waals surface area contributed by atoms with Gasteiger partial charge in [-0.2, -0.15) is 0 Å². The van der Waals surface area contributed by atoms with Crippen molar-refractivity contribution >= 4 is 24.2 Å². The monoisotopic (exact) mass is 391 g/mol. The highest BCUT2D eigenvalue weighted by molar-refractivity contribution is 5.85. The van der Waals surface area contributed by atoms with Crippen LogP contribution in [0.5, 0.6) is 0 Å². The highest BCUT2D eigenvalue weighted by atomic mass is 35.5. The molecule has 0 radical (unpaired) electrons. The van der Waals surface area contributed by atoms with E-state index < -0.39 is 5.97 Å². The molecule has 1 rings (SSSR count). The van der Waals surface area contributed by atoms with Crippen LogP contribution in [-0.4, -0.2) is 22.1 Å². The number of hydrogen-bond donors (Lipinski definition) is 3. The lowest BCUT2D eigenvalue weighted by atomic mass is 9.86. The molecule has 0 amide bonds. The average molecular weight is 392 g/mol. The number of carboxylic acids is 1. The van der Waals surface area contributed by atoms with Gasteiger partial charge in [0.2, 0.25) is 0 Å². The molecule has 6 heteroatoms. The predicted molar refractivity (Wildman–Crippen MR) is 108 cm³/mol. The third kappa shape index (κ3) is 13.3. The second-order valence-corrected chi connectivity index (χ2v) is 6.95. The Morgan fingerprint density at radius 3 is 2.35 bits per heavy atom. The van der Waals surface area contributed by atoms with Gasteiger partial charge < -0.3 is 10.3 Å². The van der Waals surface area contributed by atoms with Crippen molar-refractivity contribution in [3.63, 3.8) is 0 Å². The highest BCUT2D eigenvalue weighted by Crippen LogP contribution is 2.36. The molecule has 1 aliphatic carbocycles. The summed E-state index contributed by atoms with van der Waals surface area (Å²) in [6, 6.07) is 0. The number of nitrogens with two attached hydrogens (primary N) is 1. The molecule has 0 aromatic heterocycles. The molecule has 4 N–H and O–H groups in total. The Hall–Kier alpha value is -0.910. The maximum Gasteiger partial charge on any atom is 0.327 e. The van der Waals surface area contributed by atoms with Gasteiger partial charge in [-0.1, -0.05) is 57.9 Å². The van der Waals surface area contributed by atoms with Crippen molar-refractivity contribution in [2.24, 2.45) is 17.7 Å². The van der Waals surface area contributed by atoms with Crippen LogP contribution in [0, 0.1) is 11.8 Å². The molecule has 2 atom stereocenters. The van der Waals surface area contributed by atoms with Crippen LogP contribution < -0.4 is 5.90 Å². The topological polar surface area (TPSA) is 101 Å². The summed E-state index contributed by atoms with van der Waals surface area (Å²) in [5.74, 6) is 3.99. The van der Waals surface area contributed by atoms with Gasteiger partial charge >= 0.3 is 5.97 Å². The summed E-state index contributed by atoms with van der Waals surface area (Å²) in [7, 11) is 0. The van der Waals surface area contributed by atoms with Gasteiger partial charge in [0.1, 0.15) is 5.78 Å². The zero-order valence-corrected chi connectivity index (χ0v) is 17.0. The van der Waals surface area contributed by atoms with Gasteiger partial charge in [-0.3, -0.25) is 4.79 Å². The van der Waals surface area contributed by atoms with Crippen LogP contribution in [-0.2, 0) is 9.59 Å². The minimum atomic E-state index is -0.880. The van der Waals surface area contributed by atoms with Crippen molar-refractivity contribution in [1.82, 2.24) is 0 Å². The Kier molecular flexibility index (Phi) is 19.8. The van der Waals surface area contributed by atoms with E-state index in [4.69, 9.17) is 10.3 Å². The summed E-state index contributed by atoms with van der Waals surface area (Å²) >= 11 is 0. The van der Waals surface area contributed by atoms with Crippen molar-refractivity contribution in [3.8, 4) is 0 Å². The third-order valence-electron chi connectivity index (χ3n) is 5.07. The van der Waals surface area contributed by atoms with Crippen molar-refractivity contribution in [1.29, 1.82) is 0 Å². The van der Waals surface area contributed by atoms with E-state index in [0.29, 0.717) is 11.7 Å². The van der Waals surface area contributed by atoms with Crippen LogP contribution in [0.25, 0.3) is 0 Å². The van der Waals surface area contributed by atoms with E-state index in [2.05, 4.69) is 12.8 Å². The zero-order valence-electron chi connectivity index (χ0n) is 16.2. The minimum absolute atomic E-state index is 0. The molecule has 0 aromatic rings. The lowest BCUT2D eigenvalue weighted by molar-refractivity contribution is -0.131. The molecule has 0 heterocycles. The highest BCUT2D eigenvalue weighted by Gasteiger charge is 2.33. The number of ketones is 1. The first-order chi connectivity index (χ1) is 12.1. The van der Waals surface area contributed by atoms with Crippen LogP contribution in [0.2, 0.25) is 0 Å². The number of aliphatic carboxylic acids is 1. The first-order valence-corrected chi connectivity index (χ1v) is 9.83. The lowest BCUT2D eigenvalue weighted by Crippen LogP contribution is -2.14. The molecule has 0 aromatic carbocycles. The van der Waals surface area contributed by atoms with Crippen molar-refractivity contribution in [2.75, 3.05) is 0 Å². The van der Waals surface area contributed by atoms with Gasteiger partial charge in [0.25, 0.3) is 0 Å². The molecule has 5 nitrogen and oxygen atoms in total. The lowest BCUT2D eigenvalue weighted by Gasteiger charge is -2.18. The smallest absolute Gasteiger partial charge is 0.327 e. The maximum absolute atomic E-state index is 12.1. The number of Topliss-reactive ketones (excluding diaryl/α,β-unsaturated/α-hetero) is 1. The average Bonchev–Trinajstić information content (AvgIpc) is 2.96. The van der Waals surface area contributed by atoms with Gasteiger partial charge in [0.05, 0.1) is 0 Å². The number of halogens is 1. The van der Waals surface area contributed by atoms with Gasteiger partial charge in [-0.05, 0) is 38.0 Å². The van der Waals surface area contributed by atoms with Gasteiger partial charge in [0.15, 0.2) is 0 Å². The molecule has 1 aliphatic rings. The van der Waals surface area contributed by atoms with Gasteiger partial charge in [0, 0.05) is 18.4 Å². The predicted octanol–water partition coefficient (Wildman–Crippen LogP) is 5.29. The van der Waals surface area contributed by atoms with Gasteiger partial charge in [-0.25, -0.2) is 10.7 Å². The van der Waals surface area contributed by atoms with Crippen LogP contribution >= 0.6 is 12.4 Å². The number of carboxylic acid groups (broad SMARTS) is 1. The van der Waals surface area contributed by atoms with E-state index >= 15 is 0 Å². The number of hydrogen-bond acceptors (Lipinski definition) is 4. The minimum Gasteiger partial charge on any atom is -0.478 e. The fourth-order valence-corrected chi connectivity index (χ4v) is 3.72. The van der Waals surface area contributed by atoms with Crippen molar-refractivity contribution in [2.45, 2.75) is 90.4 Å². The number of rotatable bonds is 13. The molecule has 0 bridgehead atoms. The molecule has 1 saturated carbocycles. The fourth-order valence-electron chi connectivity index (χ4n) is 3.72. The molecule has 26 heavy (non-hydrogen) atoms. The molecule has 0 spiro atoms. The first-order valence-electron chi connectivity index (χ1n) is 9.83. The summed E-state index contributed by atoms with van der Waals surface area (Å²) in [5.41, 5.74) is 0. The van der Waals surface area contributed by atoms with E-state index in [1.165, 1.54) is 51.0 Å². The summed E-state index contributed by atoms with van der Waals surface area (Å²) < 4.78 is 0. The largest absolute Gasteiger partial charge is 0.478 e. The number of carbonyl (C=O) groups excluding carboxylic acids is 1. The third-order valence-corrected chi connectivity index (χ3v) is 5.07. The number of carbonyl (C=O) groups is 2. The molecule has 0 aliphatic heterocycles. The summed E-state index contributed by atoms with van der Waals surface area (Å²) in [6.07, 6.45) is 17.8. The SMILES string of the molecule is CCCCCCCC[C@H]1CCC(=O)[C@@H]1CCCCC=CC(=O)O.Cl.NO. The van der Waals surface area contributed by atoms with Crippen molar-refractivity contribution in [3.05, 3.63) is 12.2 Å². The fraction of sp³-hybridized carbons (Fsp3) is 0.800. The van der Waals surface area contributed by atoms with E-state index in [1.54, 1.807) is 6.08 Å². The van der Waals surface area contributed by atoms with Crippen LogP contribution in [0.3, 0.4) is 0 Å². The number of allylic oxidation sites excluding steroid dienone is 1. The maximum atomic E-state index is 12.1. The molecule has 0 unspecified atom stereocenters. The molecule has 1 fully saturated rings. The summed E-state index contributed by atoms with van der Waals surface area (Å²) in [5, 5.41) is 15.0. The summed E-state index contributed by atoms with van der Waals surface area (Å²) in [6.45, 7) is 2.24. The second kappa shape index (κ2) is 18.9. The Morgan fingerprint density at radius 2 is 1.69 bits per heavy atom. The quantitative estimate of drug-likeness (QED) is 0.225. The molecule has 154 valence electrons. The standard InChI is InChI=1S/C20H34O3.ClH.H3NO/c1-2-3-4-5-6-9-12-17-15-16-19(21)18(17)13-10-7-8-11-14-20(22)23;;1-2/h11,14,17-18H,2-10,12-13,15-16H2,1H3,(H,22,23);1H;2H,1H2/t17-,18+;;/m0../s1. The van der Waals surface area contributed by atoms with Crippen LogP contribution in [0.1, 0.15) is 90.4 Å².